The van der Waals surface area contributed by atoms with E-state index in [9.17, 15) is 8.42 Å². The first-order chi connectivity index (χ1) is 9.03. The Labute approximate surface area is 114 Å². The van der Waals surface area contributed by atoms with E-state index in [-0.39, 0.29) is 17.8 Å². The molecular formula is C15H19NO2S. The van der Waals surface area contributed by atoms with Crippen LogP contribution in [0.15, 0.2) is 29.7 Å². The molecule has 3 nitrogen and oxygen atoms in total. The van der Waals surface area contributed by atoms with E-state index < -0.39 is 9.84 Å². The second-order valence-electron chi connectivity index (χ2n) is 5.53. The van der Waals surface area contributed by atoms with E-state index >= 15 is 0 Å². The maximum absolute atomic E-state index is 11.4. The van der Waals surface area contributed by atoms with Gasteiger partial charge in [-0.1, -0.05) is 24.3 Å². The Morgan fingerprint density at radius 2 is 2.05 bits per heavy atom. The summed E-state index contributed by atoms with van der Waals surface area (Å²) in [6.45, 7) is 2.09. The number of fused-ring (bicyclic) bond motifs is 1. The predicted octanol–water partition coefficient (Wildman–Crippen LogP) is 2.14. The highest BCUT2D eigenvalue weighted by atomic mass is 32.2. The molecule has 1 aliphatic heterocycles. The van der Waals surface area contributed by atoms with Gasteiger partial charge in [0.15, 0.2) is 9.84 Å². The van der Waals surface area contributed by atoms with Gasteiger partial charge < -0.3 is 5.32 Å². The van der Waals surface area contributed by atoms with Crippen LogP contribution in [-0.4, -0.2) is 20.2 Å². The number of benzene rings is 1. The monoisotopic (exact) mass is 277 g/mol. The van der Waals surface area contributed by atoms with Crippen molar-refractivity contribution >= 4 is 9.84 Å². The van der Waals surface area contributed by atoms with Crippen LogP contribution in [0.2, 0.25) is 0 Å². The Morgan fingerprint density at radius 1 is 1.26 bits per heavy atom. The molecule has 1 aliphatic carbocycles. The first-order valence-electron chi connectivity index (χ1n) is 6.82. The summed E-state index contributed by atoms with van der Waals surface area (Å²) in [7, 11) is -2.98. The largest absolute Gasteiger partial charge is 0.303 e. The fourth-order valence-electron chi connectivity index (χ4n) is 2.96. The quantitative estimate of drug-likeness (QED) is 0.920. The van der Waals surface area contributed by atoms with Crippen molar-refractivity contribution < 1.29 is 8.42 Å². The van der Waals surface area contributed by atoms with Gasteiger partial charge in [0, 0.05) is 17.5 Å². The van der Waals surface area contributed by atoms with Gasteiger partial charge in [0.05, 0.1) is 5.75 Å². The summed E-state index contributed by atoms with van der Waals surface area (Å²) in [6.07, 6.45) is 5.37. The van der Waals surface area contributed by atoms with Crippen LogP contribution >= 0.6 is 0 Å². The minimum absolute atomic E-state index is 0.0618. The Morgan fingerprint density at radius 3 is 2.79 bits per heavy atom. The zero-order valence-corrected chi connectivity index (χ0v) is 11.9. The van der Waals surface area contributed by atoms with Crippen LogP contribution in [0.25, 0.3) is 0 Å². The molecule has 0 saturated carbocycles. The highest BCUT2D eigenvalue weighted by molar-refractivity contribution is 7.94. The Bertz CT molecular complexity index is 619. The molecule has 1 heterocycles. The summed E-state index contributed by atoms with van der Waals surface area (Å²) < 4.78 is 22.8. The van der Waals surface area contributed by atoms with Crippen LogP contribution in [0.5, 0.6) is 0 Å². The van der Waals surface area contributed by atoms with Crippen LogP contribution in [0, 0.1) is 0 Å². The van der Waals surface area contributed by atoms with Crippen LogP contribution < -0.4 is 5.32 Å². The second kappa shape index (κ2) is 4.76. The average Bonchev–Trinajstić information content (AvgIpc) is 2.94. The summed E-state index contributed by atoms with van der Waals surface area (Å²) in [4.78, 5) is 0. The van der Waals surface area contributed by atoms with Crippen molar-refractivity contribution in [3.05, 3.63) is 46.4 Å². The summed E-state index contributed by atoms with van der Waals surface area (Å²) in [6, 6.07) is 6.77. The summed E-state index contributed by atoms with van der Waals surface area (Å²) in [5.41, 5.74) is 4.18. The fraction of sp³-hybridized carbons (Fsp3) is 0.467. The van der Waals surface area contributed by atoms with Crippen molar-refractivity contribution in [3.63, 3.8) is 0 Å². The minimum atomic E-state index is -2.98. The van der Waals surface area contributed by atoms with E-state index in [0.717, 1.165) is 0 Å². The molecule has 3 rings (SSSR count). The van der Waals surface area contributed by atoms with Crippen molar-refractivity contribution in [2.75, 3.05) is 5.75 Å². The molecule has 0 radical (unpaired) electrons. The van der Waals surface area contributed by atoms with Gasteiger partial charge in [-0.2, -0.15) is 0 Å². The van der Waals surface area contributed by atoms with Crippen molar-refractivity contribution in [1.82, 2.24) is 5.32 Å². The third-order valence-electron chi connectivity index (χ3n) is 4.02. The van der Waals surface area contributed by atoms with Crippen molar-refractivity contribution in [1.29, 1.82) is 0 Å². The number of hydrogen-bond donors (Lipinski definition) is 1. The van der Waals surface area contributed by atoms with E-state index in [0.29, 0.717) is 0 Å². The zero-order chi connectivity index (χ0) is 13.5. The highest BCUT2D eigenvalue weighted by Gasteiger charge is 2.23. The number of aryl methyl sites for hydroxylation is 2. The van der Waals surface area contributed by atoms with Gasteiger partial charge in [-0.15, -0.1) is 0 Å². The number of sulfone groups is 1. The lowest BCUT2D eigenvalue weighted by atomic mass is 10.0. The van der Waals surface area contributed by atoms with Crippen molar-refractivity contribution in [3.8, 4) is 0 Å². The molecule has 1 aromatic rings. The van der Waals surface area contributed by atoms with Crippen LogP contribution in [0.3, 0.4) is 0 Å². The second-order valence-corrected chi connectivity index (χ2v) is 7.47. The number of hydrogen-bond acceptors (Lipinski definition) is 3. The number of rotatable bonds is 3. The van der Waals surface area contributed by atoms with Crippen LogP contribution in [0.4, 0.5) is 0 Å². The molecule has 2 aliphatic rings. The minimum Gasteiger partial charge on any atom is -0.303 e. The van der Waals surface area contributed by atoms with E-state index in [1.807, 2.05) is 0 Å². The molecular weight excluding hydrogens is 258 g/mol. The lowest BCUT2D eigenvalue weighted by Gasteiger charge is -2.19. The Kier molecular flexibility index (Phi) is 3.23. The van der Waals surface area contributed by atoms with Gasteiger partial charge in [0.2, 0.25) is 0 Å². The van der Waals surface area contributed by atoms with Gasteiger partial charge in [-0.05, 0) is 42.9 Å². The molecule has 0 spiro atoms. The molecule has 0 bridgehead atoms. The topological polar surface area (TPSA) is 46.2 Å². The van der Waals surface area contributed by atoms with E-state index in [2.05, 4.69) is 30.4 Å². The molecule has 0 fully saturated rings. The normalized spacial score (nSPS) is 25.4. The molecule has 0 aromatic heterocycles. The molecule has 19 heavy (non-hydrogen) atoms. The lowest BCUT2D eigenvalue weighted by molar-refractivity contribution is 0.535. The smallest absolute Gasteiger partial charge is 0.173 e. The highest BCUT2D eigenvalue weighted by Crippen LogP contribution is 2.26. The third-order valence-corrected chi connectivity index (χ3v) is 5.41. The molecule has 0 saturated heterocycles. The van der Waals surface area contributed by atoms with Gasteiger partial charge >= 0.3 is 0 Å². The molecule has 0 amide bonds. The van der Waals surface area contributed by atoms with Crippen LogP contribution in [-0.2, 0) is 22.7 Å². The molecule has 102 valence electrons. The van der Waals surface area contributed by atoms with Gasteiger partial charge in [0.1, 0.15) is 0 Å². The van der Waals surface area contributed by atoms with E-state index in [1.54, 1.807) is 6.08 Å². The van der Waals surface area contributed by atoms with E-state index in [4.69, 9.17) is 0 Å². The van der Waals surface area contributed by atoms with Crippen LogP contribution in [0.1, 0.15) is 36.1 Å². The predicted molar refractivity (Wildman–Crippen MR) is 76.7 cm³/mol. The third kappa shape index (κ3) is 2.74. The molecule has 1 N–H and O–H groups in total. The van der Waals surface area contributed by atoms with E-state index in [1.165, 1.54) is 41.4 Å². The van der Waals surface area contributed by atoms with Crippen molar-refractivity contribution in [2.24, 2.45) is 0 Å². The maximum Gasteiger partial charge on any atom is 0.173 e. The first kappa shape index (κ1) is 12.9. The average molecular weight is 277 g/mol. The standard InChI is InChI=1S/C15H19NO2S/c1-11(16-15-7-8-19(17,18)10-15)13-6-5-12-3-2-4-14(12)9-13/h5-9,11,15-16H,2-4,10H2,1H3. The molecule has 4 heteroatoms. The summed E-state index contributed by atoms with van der Waals surface area (Å²) in [5, 5.41) is 4.70. The fourth-order valence-corrected chi connectivity index (χ4v) is 4.21. The number of nitrogens with one attached hydrogen (secondary N) is 1. The Hall–Kier alpha value is -1.13. The Balaban J connectivity index is 1.71. The van der Waals surface area contributed by atoms with Crippen molar-refractivity contribution in [2.45, 2.75) is 38.3 Å². The van der Waals surface area contributed by atoms with Gasteiger partial charge in [0.25, 0.3) is 0 Å². The zero-order valence-electron chi connectivity index (χ0n) is 11.1. The summed E-state index contributed by atoms with van der Waals surface area (Å²) >= 11 is 0. The SMILES string of the molecule is CC(NC1C=CS(=O)(=O)C1)c1ccc2c(c1)CCC2. The maximum atomic E-state index is 11.4. The van der Waals surface area contributed by atoms with Gasteiger partial charge in [-0.25, -0.2) is 8.42 Å². The van der Waals surface area contributed by atoms with Gasteiger partial charge in [-0.3, -0.25) is 0 Å². The summed E-state index contributed by atoms with van der Waals surface area (Å²) in [5.74, 6) is 0.183. The first-order valence-corrected chi connectivity index (χ1v) is 8.54. The molecule has 1 aromatic carbocycles. The lowest BCUT2D eigenvalue weighted by Crippen LogP contribution is -2.32. The molecule has 2 atom stereocenters. The molecule has 2 unspecified atom stereocenters.